The largest absolute Gasteiger partial charge is 0.380 e. The second-order valence-corrected chi connectivity index (χ2v) is 4.92. The third kappa shape index (κ3) is 4.21. The van der Waals surface area contributed by atoms with Crippen LogP contribution in [-0.4, -0.2) is 22.8 Å². The van der Waals surface area contributed by atoms with Gasteiger partial charge in [-0.25, -0.2) is 4.99 Å². The molecule has 0 fully saturated rings. The molecule has 1 aromatic carbocycles. The number of aryl methyl sites for hydroxylation is 1. The average Bonchev–Trinajstić information content (AvgIpc) is 2.77. The Morgan fingerprint density at radius 2 is 2.24 bits per heavy atom. The molecule has 0 saturated carbocycles. The zero-order valence-electron chi connectivity index (χ0n) is 12.0. The number of halogens is 1. The number of hydrogen-bond acceptors (Lipinski definition) is 3. The molecule has 1 aromatic heterocycles. The molecular formula is C14H18ClN5O. The molecule has 0 amide bonds. The molecule has 0 aliphatic heterocycles. The number of ether oxygens (including phenoxy) is 1. The van der Waals surface area contributed by atoms with Gasteiger partial charge in [-0.1, -0.05) is 29.8 Å². The highest BCUT2D eigenvalue weighted by Crippen LogP contribution is 2.16. The van der Waals surface area contributed by atoms with Crippen molar-refractivity contribution >= 4 is 23.2 Å². The van der Waals surface area contributed by atoms with Crippen LogP contribution in [0.15, 0.2) is 35.5 Å². The van der Waals surface area contributed by atoms with Gasteiger partial charge in [-0.2, -0.15) is 5.10 Å². The summed E-state index contributed by atoms with van der Waals surface area (Å²) in [6.45, 7) is 0.827. The first-order valence-corrected chi connectivity index (χ1v) is 6.79. The summed E-state index contributed by atoms with van der Waals surface area (Å²) in [5, 5.41) is 7.85. The van der Waals surface area contributed by atoms with Crippen LogP contribution in [0.5, 0.6) is 0 Å². The first-order chi connectivity index (χ1) is 10.1. The summed E-state index contributed by atoms with van der Waals surface area (Å²) in [6, 6.07) is 7.75. The number of aromatic nitrogens is 2. The fourth-order valence-corrected chi connectivity index (χ4v) is 2.11. The molecular weight excluding hydrogens is 290 g/mol. The van der Waals surface area contributed by atoms with Gasteiger partial charge in [-0.05, 0) is 6.07 Å². The second-order valence-electron chi connectivity index (χ2n) is 4.51. The molecule has 0 unspecified atom stereocenters. The summed E-state index contributed by atoms with van der Waals surface area (Å²) in [5.74, 6) is 0.306. The van der Waals surface area contributed by atoms with Crippen molar-refractivity contribution in [3.8, 4) is 0 Å². The molecule has 0 bridgehead atoms. The van der Waals surface area contributed by atoms with Crippen LogP contribution in [-0.2, 0) is 24.9 Å². The highest BCUT2D eigenvalue weighted by atomic mass is 35.5. The molecule has 2 aromatic rings. The van der Waals surface area contributed by atoms with E-state index in [0.29, 0.717) is 29.8 Å². The first kappa shape index (κ1) is 15.3. The van der Waals surface area contributed by atoms with Crippen molar-refractivity contribution in [3.63, 3.8) is 0 Å². The minimum absolute atomic E-state index is 0.306. The smallest absolute Gasteiger partial charge is 0.193 e. The Bertz CT molecular complexity index is 638. The van der Waals surface area contributed by atoms with E-state index in [-0.39, 0.29) is 0 Å². The maximum absolute atomic E-state index is 6.02. The standard InChI is InChI=1S/C14H18ClN5O/c1-20-8-11(15)13(19-20)7-17-14(16)18-12-6-4-3-5-10(12)9-21-2/h3-6,8H,7,9H2,1-2H3,(H3,16,17,18). The summed E-state index contributed by atoms with van der Waals surface area (Å²) in [6.07, 6.45) is 1.73. The summed E-state index contributed by atoms with van der Waals surface area (Å²) < 4.78 is 6.79. The minimum Gasteiger partial charge on any atom is -0.380 e. The average molecular weight is 308 g/mol. The van der Waals surface area contributed by atoms with E-state index in [1.807, 2.05) is 31.3 Å². The van der Waals surface area contributed by atoms with Crippen molar-refractivity contribution in [3.05, 3.63) is 46.7 Å². The Kier molecular flexibility index (Phi) is 5.19. The van der Waals surface area contributed by atoms with Crippen molar-refractivity contribution in [2.24, 2.45) is 17.8 Å². The maximum Gasteiger partial charge on any atom is 0.193 e. The lowest BCUT2D eigenvalue weighted by molar-refractivity contribution is 0.185. The number of nitrogens with zero attached hydrogens (tertiary/aromatic N) is 3. The quantitative estimate of drug-likeness (QED) is 0.655. The molecule has 6 nitrogen and oxygen atoms in total. The van der Waals surface area contributed by atoms with E-state index in [2.05, 4.69) is 15.4 Å². The molecule has 112 valence electrons. The lowest BCUT2D eigenvalue weighted by atomic mass is 10.2. The van der Waals surface area contributed by atoms with Gasteiger partial charge in [-0.15, -0.1) is 0 Å². The number of hydrogen-bond donors (Lipinski definition) is 2. The van der Waals surface area contributed by atoms with Crippen LogP contribution in [0.25, 0.3) is 0 Å². The Morgan fingerprint density at radius 1 is 1.48 bits per heavy atom. The van der Waals surface area contributed by atoms with Gasteiger partial charge in [0.25, 0.3) is 0 Å². The lowest BCUT2D eigenvalue weighted by Gasteiger charge is -2.10. The predicted octanol–water partition coefficient (Wildman–Crippen LogP) is 2.15. The fourth-order valence-electron chi connectivity index (χ4n) is 1.87. The molecule has 0 radical (unpaired) electrons. The molecule has 21 heavy (non-hydrogen) atoms. The van der Waals surface area contributed by atoms with E-state index in [1.165, 1.54) is 0 Å². The van der Waals surface area contributed by atoms with Gasteiger partial charge in [0.1, 0.15) is 5.69 Å². The monoisotopic (exact) mass is 307 g/mol. The zero-order chi connectivity index (χ0) is 15.2. The topological polar surface area (TPSA) is 77.5 Å². The molecule has 0 saturated heterocycles. The van der Waals surface area contributed by atoms with Gasteiger partial charge in [0, 0.05) is 31.6 Å². The number of methoxy groups -OCH3 is 1. The van der Waals surface area contributed by atoms with E-state index in [4.69, 9.17) is 22.1 Å². The van der Waals surface area contributed by atoms with Crippen molar-refractivity contribution in [2.45, 2.75) is 13.2 Å². The fraction of sp³-hybridized carbons (Fsp3) is 0.286. The molecule has 0 spiro atoms. The minimum atomic E-state index is 0.306. The van der Waals surface area contributed by atoms with Crippen LogP contribution in [0.2, 0.25) is 5.02 Å². The van der Waals surface area contributed by atoms with Crippen LogP contribution in [0.4, 0.5) is 5.69 Å². The van der Waals surface area contributed by atoms with Crippen molar-refractivity contribution in [1.82, 2.24) is 9.78 Å². The predicted molar refractivity (Wildman–Crippen MR) is 84.3 cm³/mol. The Hall–Kier alpha value is -2.05. The van der Waals surface area contributed by atoms with Crippen LogP contribution in [0, 0.1) is 0 Å². The van der Waals surface area contributed by atoms with E-state index >= 15 is 0 Å². The Morgan fingerprint density at radius 3 is 2.90 bits per heavy atom. The summed E-state index contributed by atoms with van der Waals surface area (Å²) in [4.78, 5) is 4.25. The van der Waals surface area contributed by atoms with Crippen molar-refractivity contribution in [2.75, 3.05) is 12.4 Å². The van der Waals surface area contributed by atoms with Gasteiger partial charge in [-0.3, -0.25) is 4.68 Å². The number of para-hydroxylation sites is 1. The van der Waals surface area contributed by atoms with E-state index in [1.54, 1.807) is 18.0 Å². The van der Waals surface area contributed by atoms with Gasteiger partial charge in [0.2, 0.25) is 0 Å². The van der Waals surface area contributed by atoms with Crippen molar-refractivity contribution in [1.29, 1.82) is 0 Å². The molecule has 2 rings (SSSR count). The molecule has 0 atom stereocenters. The number of nitrogens with one attached hydrogen (secondary N) is 1. The highest BCUT2D eigenvalue weighted by Gasteiger charge is 2.05. The second kappa shape index (κ2) is 7.10. The molecule has 7 heteroatoms. The SMILES string of the molecule is COCc1ccccc1NC(N)=NCc1nn(C)cc1Cl. The third-order valence-electron chi connectivity index (χ3n) is 2.83. The van der Waals surface area contributed by atoms with E-state index < -0.39 is 0 Å². The number of benzene rings is 1. The van der Waals surface area contributed by atoms with Gasteiger partial charge in [0.05, 0.1) is 18.2 Å². The van der Waals surface area contributed by atoms with E-state index in [9.17, 15) is 0 Å². The van der Waals surface area contributed by atoms with Crippen LogP contribution in [0.3, 0.4) is 0 Å². The van der Waals surface area contributed by atoms with Gasteiger partial charge in [0.15, 0.2) is 5.96 Å². The first-order valence-electron chi connectivity index (χ1n) is 6.42. The van der Waals surface area contributed by atoms with Gasteiger partial charge >= 0.3 is 0 Å². The number of aliphatic imine (C=N–C) groups is 1. The zero-order valence-corrected chi connectivity index (χ0v) is 12.8. The molecule has 3 N–H and O–H groups in total. The van der Waals surface area contributed by atoms with Crippen LogP contribution >= 0.6 is 11.6 Å². The van der Waals surface area contributed by atoms with Gasteiger partial charge < -0.3 is 15.8 Å². The summed E-state index contributed by atoms with van der Waals surface area (Å²) >= 11 is 6.02. The normalized spacial score (nSPS) is 11.7. The van der Waals surface area contributed by atoms with Crippen LogP contribution < -0.4 is 11.1 Å². The lowest BCUT2D eigenvalue weighted by Crippen LogP contribution is -2.23. The number of rotatable bonds is 5. The van der Waals surface area contributed by atoms with E-state index in [0.717, 1.165) is 11.3 Å². The van der Waals surface area contributed by atoms with Crippen molar-refractivity contribution < 1.29 is 4.74 Å². The summed E-state index contributed by atoms with van der Waals surface area (Å²) in [5.41, 5.74) is 8.46. The number of anilines is 1. The number of nitrogens with two attached hydrogens (primary N) is 1. The maximum atomic E-state index is 6.02. The number of guanidine groups is 1. The Labute approximate surface area is 128 Å². The Balaban J connectivity index is 2.05. The summed E-state index contributed by atoms with van der Waals surface area (Å²) in [7, 11) is 3.46. The van der Waals surface area contributed by atoms with Crippen LogP contribution in [0.1, 0.15) is 11.3 Å². The molecule has 0 aliphatic carbocycles. The third-order valence-corrected chi connectivity index (χ3v) is 3.15. The molecule has 0 aliphatic rings. The highest BCUT2D eigenvalue weighted by molar-refractivity contribution is 6.31. The molecule has 1 heterocycles.